The van der Waals surface area contributed by atoms with Crippen molar-refractivity contribution in [2.75, 3.05) is 12.5 Å². The van der Waals surface area contributed by atoms with Gasteiger partial charge in [0.1, 0.15) is 12.4 Å². The fraction of sp³-hybridized carbons (Fsp3) is 0.222. The molecule has 0 aliphatic rings. The van der Waals surface area contributed by atoms with Crippen LogP contribution in [0.5, 0.6) is 5.75 Å². The molecule has 0 aliphatic carbocycles. The minimum atomic E-state index is -0.111. The van der Waals surface area contributed by atoms with Gasteiger partial charge in [0.05, 0.1) is 5.88 Å². The van der Waals surface area contributed by atoms with Gasteiger partial charge in [-0.25, -0.2) is 0 Å². The Morgan fingerprint density at radius 2 is 2.00 bits per heavy atom. The number of rotatable bonds is 4. The number of ether oxygens (including phenoxy) is 1. The van der Waals surface area contributed by atoms with E-state index in [-0.39, 0.29) is 18.3 Å². The van der Waals surface area contributed by atoms with Crippen LogP contribution in [0.1, 0.15) is 0 Å². The molecule has 1 aromatic carbocycles. The van der Waals surface area contributed by atoms with Gasteiger partial charge in [-0.2, -0.15) is 0 Å². The van der Waals surface area contributed by atoms with Gasteiger partial charge >= 0.3 is 0 Å². The number of alkyl halides is 1. The highest BCUT2D eigenvalue weighted by atomic mass is 35.5. The molecule has 0 spiro atoms. The number of hydrogen-bond donors (Lipinski definition) is 0. The van der Waals surface area contributed by atoms with Crippen LogP contribution in [0.25, 0.3) is 0 Å². The molecule has 0 saturated heterocycles. The van der Waals surface area contributed by atoms with Crippen LogP contribution in [0.2, 0.25) is 0 Å². The van der Waals surface area contributed by atoms with Crippen molar-refractivity contribution in [1.82, 2.24) is 0 Å². The maximum atomic E-state index is 10.7. The second-order valence-electron chi connectivity index (χ2n) is 2.27. The molecule has 0 unspecified atom stereocenters. The average molecular weight is 185 g/mol. The van der Waals surface area contributed by atoms with Crippen molar-refractivity contribution in [3.63, 3.8) is 0 Å². The summed E-state index contributed by atoms with van der Waals surface area (Å²) in [5.41, 5.74) is 0. The summed E-state index contributed by atoms with van der Waals surface area (Å²) in [5, 5.41) is 0. The zero-order chi connectivity index (χ0) is 8.81. The van der Waals surface area contributed by atoms with Crippen molar-refractivity contribution in [2.45, 2.75) is 0 Å². The lowest BCUT2D eigenvalue weighted by Crippen LogP contribution is -2.11. The van der Waals surface area contributed by atoms with Crippen molar-refractivity contribution in [3.05, 3.63) is 30.3 Å². The summed E-state index contributed by atoms with van der Waals surface area (Å²) >= 11 is 5.29. The van der Waals surface area contributed by atoms with Gasteiger partial charge < -0.3 is 4.74 Å². The van der Waals surface area contributed by atoms with Crippen molar-refractivity contribution in [2.24, 2.45) is 0 Å². The number of para-hydroxylation sites is 1. The maximum absolute atomic E-state index is 10.7. The van der Waals surface area contributed by atoms with E-state index in [4.69, 9.17) is 16.3 Å². The number of Topliss-reactive ketones (excluding diaryl/α,β-unsaturated/α-hetero) is 1. The molecular weight excluding hydrogens is 176 g/mol. The molecule has 0 heterocycles. The third kappa shape index (κ3) is 2.93. The van der Waals surface area contributed by atoms with E-state index in [0.29, 0.717) is 5.75 Å². The Balaban J connectivity index is 2.38. The third-order valence-electron chi connectivity index (χ3n) is 1.29. The Labute approximate surface area is 76.1 Å². The Bertz CT molecular complexity index is 246. The summed E-state index contributed by atoms with van der Waals surface area (Å²) in [6.07, 6.45) is 0. The second kappa shape index (κ2) is 4.78. The van der Waals surface area contributed by atoms with Crippen LogP contribution >= 0.6 is 11.6 Å². The minimum absolute atomic E-state index is 0.00678. The largest absolute Gasteiger partial charge is 0.486 e. The summed E-state index contributed by atoms with van der Waals surface area (Å²) in [7, 11) is 0. The number of ketones is 1. The normalized spacial score (nSPS) is 9.42. The van der Waals surface area contributed by atoms with Gasteiger partial charge in [0.25, 0.3) is 0 Å². The SMILES string of the molecule is O=C(CCl)COc1ccccc1. The van der Waals surface area contributed by atoms with E-state index >= 15 is 0 Å². The first-order valence-electron chi connectivity index (χ1n) is 3.58. The molecular formula is C9H9ClO2. The Morgan fingerprint density at radius 1 is 1.33 bits per heavy atom. The van der Waals surface area contributed by atoms with Gasteiger partial charge in [0.15, 0.2) is 5.78 Å². The van der Waals surface area contributed by atoms with Crippen LogP contribution in [0.3, 0.4) is 0 Å². The molecule has 2 nitrogen and oxygen atoms in total. The number of benzene rings is 1. The smallest absolute Gasteiger partial charge is 0.184 e. The van der Waals surface area contributed by atoms with Gasteiger partial charge in [0, 0.05) is 0 Å². The zero-order valence-corrected chi connectivity index (χ0v) is 7.25. The maximum Gasteiger partial charge on any atom is 0.184 e. The van der Waals surface area contributed by atoms with Crippen molar-refractivity contribution in [1.29, 1.82) is 0 Å². The first-order chi connectivity index (χ1) is 5.83. The molecule has 0 fully saturated rings. The summed E-state index contributed by atoms with van der Waals surface area (Å²) in [4.78, 5) is 10.7. The molecule has 1 rings (SSSR count). The molecule has 0 N–H and O–H groups in total. The molecule has 0 aromatic heterocycles. The lowest BCUT2D eigenvalue weighted by molar-refractivity contribution is -0.118. The van der Waals surface area contributed by atoms with E-state index in [9.17, 15) is 4.79 Å². The summed E-state index contributed by atoms with van der Waals surface area (Å²) in [5.74, 6) is 0.587. The predicted octanol–water partition coefficient (Wildman–Crippen LogP) is 1.87. The minimum Gasteiger partial charge on any atom is -0.486 e. The number of halogens is 1. The van der Waals surface area contributed by atoms with Crippen LogP contribution in [-0.4, -0.2) is 18.3 Å². The Kier molecular flexibility index (Phi) is 3.61. The topological polar surface area (TPSA) is 26.3 Å². The zero-order valence-electron chi connectivity index (χ0n) is 6.50. The van der Waals surface area contributed by atoms with E-state index in [0.717, 1.165) is 0 Å². The van der Waals surface area contributed by atoms with Gasteiger partial charge in [-0.15, -0.1) is 11.6 Å². The molecule has 0 radical (unpaired) electrons. The van der Waals surface area contributed by atoms with Crippen LogP contribution < -0.4 is 4.74 Å². The molecule has 64 valence electrons. The molecule has 0 saturated carbocycles. The van der Waals surface area contributed by atoms with Crippen LogP contribution in [0, 0.1) is 0 Å². The molecule has 0 amide bonds. The van der Waals surface area contributed by atoms with Gasteiger partial charge in [-0.3, -0.25) is 4.79 Å². The highest BCUT2D eigenvalue weighted by Crippen LogP contribution is 2.07. The standard InChI is InChI=1S/C9H9ClO2/c10-6-8(11)7-12-9-4-2-1-3-5-9/h1-5H,6-7H2. The summed E-state index contributed by atoms with van der Waals surface area (Å²) in [6, 6.07) is 9.17. The molecule has 0 atom stereocenters. The van der Waals surface area contributed by atoms with Crippen LogP contribution in [0.15, 0.2) is 30.3 Å². The Hall–Kier alpha value is -1.02. The quantitative estimate of drug-likeness (QED) is 0.668. The molecule has 0 bridgehead atoms. The van der Waals surface area contributed by atoms with E-state index < -0.39 is 0 Å². The van der Waals surface area contributed by atoms with Crippen molar-refractivity contribution < 1.29 is 9.53 Å². The van der Waals surface area contributed by atoms with Gasteiger partial charge in [-0.05, 0) is 12.1 Å². The highest BCUT2D eigenvalue weighted by molar-refractivity contribution is 6.27. The fourth-order valence-electron chi connectivity index (χ4n) is 0.719. The van der Waals surface area contributed by atoms with Crippen molar-refractivity contribution in [3.8, 4) is 5.75 Å². The fourth-order valence-corrected chi connectivity index (χ4v) is 0.796. The van der Waals surface area contributed by atoms with E-state index in [1.165, 1.54) is 0 Å². The monoisotopic (exact) mass is 184 g/mol. The predicted molar refractivity (Wildman–Crippen MR) is 47.7 cm³/mol. The first kappa shape index (κ1) is 9.07. The Morgan fingerprint density at radius 3 is 2.58 bits per heavy atom. The van der Waals surface area contributed by atoms with E-state index in [1.807, 2.05) is 18.2 Å². The van der Waals surface area contributed by atoms with E-state index in [2.05, 4.69) is 0 Å². The van der Waals surface area contributed by atoms with Gasteiger partial charge in [-0.1, -0.05) is 18.2 Å². The third-order valence-corrected chi connectivity index (χ3v) is 1.59. The summed E-state index contributed by atoms with van der Waals surface area (Å²) in [6.45, 7) is 0.0491. The molecule has 0 aliphatic heterocycles. The second-order valence-corrected chi connectivity index (χ2v) is 2.54. The lowest BCUT2D eigenvalue weighted by atomic mass is 10.3. The molecule has 1 aromatic rings. The van der Waals surface area contributed by atoms with Crippen LogP contribution in [0.4, 0.5) is 0 Å². The first-order valence-corrected chi connectivity index (χ1v) is 4.12. The number of hydrogen-bond acceptors (Lipinski definition) is 2. The average Bonchev–Trinajstić information content (AvgIpc) is 2.16. The van der Waals surface area contributed by atoms with Crippen LogP contribution in [-0.2, 0) is 4.79 Å². The number of carbonyl (C=O) groups excluding carboxylic acids is 1. The van der Waals surface area contributed by atoms with Gasteiger partial charge in [0.2, 0.25) is 0 Å². The highest BCUT2D eigenvalue weighted by Gasteiger charge is 1.99. The molecule has 12 heavy (non-hydrogen) atoms. The van der Waals surface area contributed by atoms with Crippen molar-refractivity contribution >= 4 is 17.4 Å². The molecule has 3 heteroatoms. The summed E-state index contributed by atoms with van der Waals surface area (Å²) < 4.78 is 5.12. The van der Waals surface area contributed by atoms with E-state index in [1.54, 1.807) is 12.1 Å². The lowest BCUT2D eigenvalue weighted by Gasteiger charge is -2.02. The number of carbonyl (C=O) groups is 1.